The molecule has 160 valence electrons. The van der Waals surface area contributed by atoms with Gasteiger partial charge in [-0.25, -0.2) is 0 Å². The van der Waals surface area contributed by atoms with Crippen molar-refractivity contribution in [1.82, 2.24) is 0 Å². The monoisotopic (exact) mass is 400 g/mol. The van der Waals surface area contributed by atoms with E-state index in [1.165, 1.54) is 5.57 Å². The molecule has 0 aromatic heterocycles. The van der Waals surface area contributed by atoms with Crippen molar-refractivity contribution in [2.75, 3.05) is 0 Å². The van der Waals surface area contributed by atoms with Crippen LogP contribution in [-0.4, -0.2) is 27.6 Å². The first-order valence-corrected chi connectivity index (χ1v) is 11.6. The molecule has 29 heavy (non-hydrogen) atoms. The number of hydrogen-bond donors (Lipinski definition) is 2. The molecule has 0 amide bonds. The first-order valence-electron chi connectivity index (χ1n) is 11.6. The molecule has 0 aromatic carbocycles. The Balaban J connectivity index is 1.64. The van der Waals surface area contributed by atoms with Crippen molar-refractivity contribution in [2.24, 2.45) is 35.0 Å². The van der Waals surface area contributed by atoms with E-state index in [-0.39, 0.29) is 11.8 Å². The Hall–Kier alpha value is -1.42. The largest absolute Gasteiger partial charge is 0.481 e. The standard InChI is InChI=1S/C25H36O4/c1-4-16-14-24(3)21(11-12-25(24,29)15(2)5-10-22(27)28)20-8-6-17-13-18(26)7-9-19(17)23(16)20/h13,16,19-21,23,29H,2,4-12,14H2,1,3H3,(H,27,28)/t16-,19-,20-,21-,23+,24-,25+/m0/s1. The number of carboxylic acid groups (broad SMARTS) is 1. The molecule has 0 spiro atoms. The third-order valence-electron chi connectivity index (χ3n) is 9.33. The molecule has 0 aliphatic heterocycles. The first kappa shape index (κ1) is 20.8. The van der Waals surface area contributed by atoms with Gasteiger partial charge >= 0.3 is 5.97 Å². The molecule has 0 saturated heterocycles. The van der Waals surface area contributed by atoms with E-state index in [4.69, 9.17) is 5.11 Å². The van der Waals surface area contributed by atoms with E-state index < -0.39 is 11.6 Å². The van der Waals surface area contributed by atoms with Gasteiger partial charge in [-0.15, -0.1) is 0 Å². The van der Waals surface area contributed by atoms with Crippen LogP contribution in [0.5, 0.6) is 0 Å². The van der Waals surface area contributed by atoms with Crippen molar-refractivity contribution in [3.63, 3.8) is 0 Å². The number of ketones is 1. The minimum absolute atomic E-state index is 0.0371. The van der Waals surface area contributed by atoms with Gasteiger partial charge in [0.15, 0.2) is 5.78 Å². The molecule has 4 aliphatic rings. The van der Waals surface area contributed by atoms with Gasteiger partial charge in [-0.05, 0) is 86.2 Å². The van der Waals surface area contributed by atoms with Gasteiger partial charge in [0.25, 0.3) is 0 Å². The fourth-order valence-electron chi connectivity index (χ4n) is 7.96. The third-order valence-corrected chi connectivity index (χ3v) is 9.33. The van der Waals surface area contributed by atoms with Crippen molar-refractivity contribution in [2.45, 2.75) is 83.7 Å². The lowest BCUT2D eigenvalue weighted by molar-refractivity contribution is -0.137. The van der Waals surface area contributed by atoms with E-state index >= 15 is 0 Å². The minimum Gasteiger partial charge on any atom is -0.481 e. The molecule has 3 saturated carbocycles. The summed E-state index contributed by atoms with van der Waals surface area (Å²) >= 11 is 0. The third kappa shape index (κ3) is 3.13. The molecule has 4 heteroatoms. The Morgan fingerprint density at radius 2 is 2.00 bits per heavy atom. The second kappa shape index (κ2) is 7.37. The average molecular weight is 401 g/mol. The van der Waals surface area contributed by atoms with E-state index in [1.54, 1.807) is 0 Å². The molecule has 0 radical (unpaired) electrons. The SMILES string of the molecule is C=C(CCC(=O)O)[C@]1(O)CC[C@H]2[C@@H]3CCC4=CC(=O)CC[C@@H]4[C@H]3[C@@H](CC)C[C@@]21C. The average Bonchev–Trinajstić information content (AvgIpc) is 2.96. The molecular weight excluding hydrogens is 364 g/mol. The van der Waals surface area contributed by atoms with Crippen molar-refractivity contribution in [1.29, 1.82) is 0 Å². The highest BCUT2D eigenvalue weighted by atomic mass is 16.4. The van der Waals surface area contributed by atoms with Gasteiger partial charge < -0.3 is 10.2 Å². The van der Waals surface area contributed by atoms with Gasteiger partial charge in [-0.2, -0.15) is 0 Å². The van der Waals surface area contributed by atoms with Gasteiger partial charge in [0.1, 0.15) is 0 Å². The van der Waals surface area contributed by atoms with E-state index in [9.17, 15) is 14.7 Å². The molecule has 7 atom stereocenters. The second-order valence-electron chi connectivity index (χ2n) is 10.4. The summed E-state index contributed by atoms with van der Waals surface area (Å²) in [5.74, 6) is 2.23. The Labute approximate surface area is 174 Å². The van der Waals surface area contributed by atoms with Crippen LogP contribution in [0, 0.1) is 35.0 Å². The van der Waals surface area contributed by atoms with E-state index in [1.807, 2.05) is 6.08 Å². The van der Waals surface area contributed by atoms with Crippen molar-refractivity contribution in [3.8, 4) is 0 Å². The number of aliphatic carboxylic acids is 1. The zero-order valence-electron chi connectivity index (χ0n) is 18.0. The Kier molecular flexibility index (Phi) is 5.30. The maximum Gasteiger partial charge on any atom is 0.303 e. The van der Waals surface area contributed by atoms with E-state index in [2.05, 4.69) is 20.4 Å². The molecule has 0 bridgehead atoms. The number of fused-ring (bicyclic) bond motifs is 5. The second-order valence-corrected chi connectivity index (χ2v) is 10.4. The lowest BCUT2D eigenvalue weighted by Crippen LogP contribution is -2.56. The number of rotatable bonds is 5. The van der Waals surface area contributed by atoms with Crippen LogP contribution in [0.15, 0.2) is 23.8 Å². The molecule has 0 aromatic rings. The number of aliphatic hydroxyl groups is 1. The summed E-state index contributed by atoms with van der Waals surface area (Å²) in [4.78, 5) is 23.0. The molecule has 0 unspecified atom stereocenters. The van der Waals surface area contributed by atoms with Gasteiger partial charge in [-0.3, -0.25) is 9.59 Å². The summed E-state index contributed by atoms with van der Waals surface area (Å²) in [6.07, 6.45) is 9.96. The summed E-state index contributed by atoms with van der Waals surface area (Å²) in [5, 5.41) is 20.9. The topological polar surface area (TPSA) is 74.6 Å². The summed E-state index contributed by atoms with van der Waals surface area (Å²) in [7, 11) is 0. The van der Waals surface area contributed by atoms with E-state index in [0.29, 0.717) is 54.6 Å². The predicted octanol–water partition coefficient (Wildman–Crippen LogP) is 4.92. The van der Waals surface area contributed by atoms with Crippen LogP contribution in [0.4, 0.5) is 0 Å². The highest BCUT2D eigenvalue weighted by Gasteiger charge is 2.64. The Bertz CT molecular complexity index is 752. The number of carboxylic acids is 1. The van der Waals surface area contributed by atoms with E-state index in [0.717, 1.165) is 44.1 Å². The Morgan fingerprint density at radius 1 is 1.24 bits per heavy atom. The van der Waals surface area contributed by atoms with Gasteiger partial charge in [0, 0.05) is 18.3 Å². The zero-order chi connectivity index (χ0) is 21.0. The van der Waals surface area contributed by atoms with Crippen LogP contribution in [0.1, 0.15) is 78.1 Å². The van der Waals surface area contributed by atoms with Crippen LogP contribution < -0.4 is 0 Å². The van der Waals surface area contributed by atoms with Gasteiger partial charge in [0.2, 0.25) is 0 Å². The smallest absolute Gasteiger partial charge is 0.303 e. The summed E-state index contributed by atoms with van der Waals surface area (Å²) in [6.45, 7) is 8.71. The lowest BCUT2D eigenvalue weighted by atomic mass is 9.46. The van der Waals surface area contributed by atoms with Crippen molar-refractivity contribution >= 4 is 11.8 Å². The number of hydrogen-bond acceptors (Lipinski definition) is 3. The highest BCUT2D eigenvalue weighted by Crippen LogP contribution is 2.68. The molecule has 0 heterocycles. The quantitative estimate of drug-likeness (QED) is 0.643. The normalized spacial score (nSPS) is 43.8. The summed E-state index contributed by atoms with van der Waals surface area (Å²) in [6, 6.07) is 0. The number of allylic oxidation sites excluding steroid dienone is 1. The zero-order valence-corrected chi connectivity index (χ0v) is 18.0. The highest BCUT2D eigenvalue weighted by molar-refractivity contribution is 5.91. The Morgan fingerprint density at radius 3 is 2.69 bits per heavy atom. The van der Waals surface area contributed by atoms with Crippen LogP contribution in [0.25, 0.3) is 0 Å². The van der Waals surface area contributed by atoms with Crippen LogP contribution in [-0.2, 0) is 9.59 Å². The molecule has 4 aliphatic carbocycles. The lowest BCUT2D eigenvalue weighted by Gasteiger charge is -2.59. The summed E-state index contributed by atoms with van der Waals surface area (Å²) < 4.78 is 0. The van der Waals surface area contributed by atoms with Crippen molar-refractivity contribution in [3.05, 3.63) is 23.8 Å². The van der Waals surface area contributed by atoms with Crippen LogP contribution in [0.2, 0.25) is 0 Å². The van der Waals surface area contributed by atoms with Crippen LogP contribution in [0.3, 0.4) is 0 Å². The number of carbonyl (C=O) groups is 2. The fraction of sp³-hybridized carbons (Fsp3) is 0.760. The van der Waals surface area contributed by atoms with Crippen LogP contribution >= 0.6 is 0 Å². The van der Waals surface area contributed by atoms with Crippen molar-refractivity contribution < 1.29 is 19.8 Å². The van der Waals surface area contributed by atoms with Gasteiger partial charge in [-0.1, -0.05) is 32.4 Å². The summed E-state index contributed by atoms with van der Waals surface area (Å²) in [5.41, 5.74) is 0.932. The first-order chi connectivity index (χ1) is 13.7. The molecular formula is C25H36O4. The molecule has 4 nitrogen and oxygen atoms in total. The fourth-order valence-corrected chi connectivity index (χ4v) is 7.96. The maximum absolute atomic E-state index is 12.0. The minimum atomic E-state index is -0.954. The molecule has 4 rings (SSSR count). The molecule has 3 fully saturated rings. The predicted molar refractivity (Wildman–Crippen MR) is 112 cm³/mol. The maximum atomic E-state index is 12.0. The number of carbonyl (C=O) groups excluding carboxylic acids is 1. The van der Waals surface area contributed by atoms with Gasteiger partial charge in [0.05, 0.1) is 5.60 Å². The molecule has 2 N–H and O–H groups in total.